The minimum atomic E-state index is 0.00403. The van der Waals surface area contributed by atoms with Gasteiger partial charge < -0.3 is 0 Å². The van der Waals surface area contributed by atoms with Gasteiger partial charge >= 0.3 is 0 Å². The van der Waals surface area contributed by atoms with Crippen molar-refractivity contribution in [3.63, 3.8) is 0 Å². The van der Waals surface area contributed by atoms with Gasteiger partial charge in [0.15, 0.2) is 0 Å². The Kier molecular flexibility index (Phi) is 2.57. The molecule has 0 spiro atoms. The summed E-state index contributed by atoms with van der Waals surface area (Å²) in [5, 5.41) is 2.07. The second-order valence-corrected chi connectivity index (χ2v) is 4.93. The Morgan fingerprint density at radius 1 is 0.952 bits per heavy atom. The van der Waals surface area contributed by atoms with E-state index < -0.39 is 0 Å². The van der Waals surface area contributed by atoms with Crippen molar-refractivity contribution >= 4 is 22.2 Å². The van der Waals surface area contributed by atoms with Crippen LogP contribution < -0.4 is 0 Å². The van der Waals surface area contributed by atoms with Crippen LogP contribution in [0, 0.1) is 0 Å². The zero-order chi connectivity index (χ0) is 14.2. The predicted octanol–water partition coefficient (Wildman–Crippen LogP) is 3.72. The summed E-state index contributed by atoms with van der Waals surface area (Å²) in [7, 11) is 0. The molecule has 0 unspecified atom stereocenters. The third-order valence-electron chi connectivity index (χ3n) is 3.66. The lowest BCUT2D eigenvalue weighted by atomic mass is 10.0. The lowest BCUT2D eigenvalue weighted by Gasteiger charge is -2.08. The van der Waals surface area contributed by atoms with E-state index in [1.807, 2.05) is 71.3 Å². The van der Waals surface area contributed by atoms with Crippen molar-refractivity contribution in [2.45, 2.75) is 0 Å². The Balaban J connectivity index is 2.03. The topological polar surface area (TPSA) is 34.4 Å². The Bertz CT molecular complexity index is 955. The molecule has 0 aliphatic heterocycles. The van der Waals surface area contributed by atoms with E-state index in [0.29, 0.717) is 11.3 Å². The molecular formula is C18H12N2O. The van der Waals surface area contributed by atoms with Gasteiger partial charge in [0.2, 0.25) is 5.78 Å². The maximum absolute atomic E-state index is 12.8. The molecule has 2 aromatic carbocycles. The number of benzene rings is 2. The number of carbonyl (C=O) groups excluding carboxylic acids is 1. The van der Waals surface area contributed by atoms with E-state index in [4.69, 9.17) is 0 Å². The van der Waals surface area contributed by atoms with E-state index in [2.05, 4.69) is 4.98 Å². The van der Waals surface area contributed by atoms with Gasteiger partial charge in [0.05, 0.1) is 5.69 Å². The van der Waals surface area contributed by atoms with Crippen LogP contribution >= 0.6 is 0 Å². The smallest absolute Gasteiger partial charge is 0.209 e. The van der Waals surface area contributed by atoms with Crippen LogP contribution in [-0.2, 0) is 0 Å². The maximum Gasteiger partial charge on any atom is 0.209 e. The van der Waals surface area contributed by atoms with Crippen LogP contribution in [0.25, 0.3) is 16.4 Å². The van der Waals surface area contributed by atoms with Crippen molar-refractivity contribution in [3.05, 3.63) is 84.3 Å². The summed E-state index contributed by atoms with van der Waals surface area (Å²) in [5.41, 5.74) is 2.13. The number of hydrogen-bond acceptors (Lipinski definition) is 2. The molecule has 2 heterocycles. The number of rotatable bonds is 2. The number of carbonyl (C=O) groups is 1. The SMILES string of the molecule is O=C(c1ccccc1)c1cc2ccccc2c2nccn12. The monoisotopic (exact) mass is 272 g/mol. The molecule has 2 aromatic heterocycles. The summed E-state index contributed by atoms with van der Waals surface area (Å²) in [6.07, 6.45) is 3.56. The van der Waals surface area contributed by atoms with Crippen molar-refractivity contribution in [2.24, 2.45) is 0 Å². The summed E-state index contributed by atoms with van der Waals surface area (Å²) in [5.74, 6) is 0.00403. The fourth-order valence-electron chi connectivity index (χ4n) is 2.65. The normalized spacial score (nSPS) is 11.0. The summed E-state index contributed by atoms with van der Waals surface area (Å²) < 4.78 is 1.86. The third-order valence-corrected chi connectivity index (χ3v) is 3.66. The number of imidazole rings is 1. The third kappa shape index (κ3) is 1.82. The number of pyridine rings is 1. The zero-order valence-electron chi connectivity index (χ0n) is 11.2. The molecule has 0 aliphatic carbocycles. The van der Waals surface area contributed by atoms with Crippen LogP contribution in [0.15, 0.2) is 73.1 Å². The average Bonchev–Trinajstić information content (AvgIpc) is 3.04. The largest absolute Gasteiger partial charge is 0.296 e. The first-order valence-electron chi connectivity index (χ1n) is 6.79. The van der Waals surface area contributed by atoms with Gasteiger partial charge in [-0.2, -0.15) is 0 Å². The first-order valence-corrected chi connectivity index (χ1v) is 6.79. The van der Waals surface area contributed by atoms with Crippen molar-refractivity contribution in [1.82, 2.24) is 9.38 Å². The molecule has 0 radical (unpaired) electrons. The molecule has 0 saturated heterocycles. The molecule has 0 aliphatic rings. The molecule has 3 nitrogen and oxygen atoms in total. The van der Waals surface area contributed by atoms with Crippen molar-refractivity contribution in [2.75, 3.05) is 0 Å². The number of hydrogen-bond donors (Lipinski definition) is 0. The summed E-state index contributed by atoms with van der Waals surface area (Å²) in [6.45, 7) is 0. The molecule has 0 saturated carbocycles. The van der Waals surface area contributed by atoms with Crippen molar-refractivity contribution in [3.8, 4) is 0 Å². The second-order valence-electron chi connectivity index (χ2n) is 4.93. The highest BCUT2D eigenvalue weighted by Gasteiger charge is 2.14. The molecule has 0 N–H and O–H groups in total. The molecular weight excluding hydrogens is 260 g/mol. The van der Waals surface area contributed by atoms with Gasteiger partial charge in [-0.1, -0.05) is 54.6 Å². The van der Waals surface area contributed by atoms with Crippen LogP contribution in [0.3, 0.4) is 0 Å². The quantitative estimate of drug-likeness (QED) is 0.521. The van der Waals surface area contributed by atoms with Crippen LogP contribution in [0.2, 0.25) is 0 Å². The number of fused-ring (bicyclic) bond motifs is 3. The van der Waals surface area contributed by atoms with Gasteiger partial charge in [-0.15, -0.1) is 0 Å². The Labute approximate surface area is 121 Å². The Morgan fingerprint density at radius 2 is 1.71 bits per heavy atom. The summed E-state index contributed by atoms with van der Waals surface area (Å²) in [4.78, 5) is 17.1. The summed E-state index contributed by atoms with van der Waals surface area (Å²) >= 11 is 0. The van der Waals surface area contributed by atoms with Gasteiger partial charge in [-0.3, -0.25) is 9.20 Å². The molecule has 21 heavy (non-hydrogen) atoms. The number of ketones is 1. The van der Waals surface area contributed by atoms with Crippen LogP contribution in [0.5, 0.6) is 0 Å². The molecule has 4 rings (SSSR count). The van der Waals surface area contributed by atoms with Crippen LogP contribution in [0.4, 0.5) is 0 Å². The van der Waals surface area contributed by atoms with E-state index in [1.165, 1.54) is 0 Å². The highest BCUT2D eigenvalue weighted by atomic mass is 16.1. The molecule has 0 bridgehead atoms. The molecule has 0 fully saturated rings. The van der Waals surface area contributed by atoms with E-state index in [0.717, 1.165) is 16.4 Å². The predicted molar refractivity (Wildman–Crippen MR) is 82.6 cm³/mol. The van der Waals surface area contributed by atoms with E-state index in [1.54, 1.807) is 6.20 Å². The Hall–Kier alpha value is -2.94. The highest BCUT2D eigenvalue weighted by Crippen LogP contribution is 2.22. The first kappa shape index (κ1) is 11.9. The number of nitrogens with zero attached hydrogens (tertiary/aromatic N) is 2. The Morgan fingerprint density at radius 3 is 2.57 bits per heavy atom. The van der Waals surface area contributed by atoms with Gasteiger partial charge in [-0.25, -0.2) is 4.98 Å². The van der Waals surface area contributed by atoms with E-state index >= 15 is 0 Å². The molecule has 0 amide bonds. The first-order chi connectivity index (χ1) is 10.3. The minimum Gasteiger partial charge on any atom is -0.296 e. The molecule has 100 valence electrons. The summed E-state index contributed by atoms with van der Waals surface area (Å²) in [6, 6.07) is 19.2. The van der Waals surface area contributed by atoms with Crippen LogP contribution in [-0.4, -0.2) is 15.2 Å². The van der Waals surface area contributed by atoms with Gasteiger partial charge in [0.1, 0.15) is 5.65 Å². The fourth-order valence-corrected chi connectivity index (χ4v) is 2.65. The van der Waals surface area contributed by atoms with E-state index in [9.17, 15) is 4.79 Å². The standard InChI is InChI=1S/C18H12N2O/c21-17(13-6-2-1-3-7-13)16-12-14-8-4-5-9-15(14)18-19-10-11-20(16)18/h1-12H. The molecule has 0 atom stereocenters. The molecule has 3 heteroatoms. The van der Waals surface area contributed by atoms with Gasteiger partial charge in [0, 0.05) is 23.3 Å². The van der Waals surface area contributed by atoms with Gasteiger partial charge in [-0.05, 0) is 11.5 Å². The van der Waals surface area contributed by atoms with Crippen molar-refractivity contribution in [1.29, 1.82) is 0 Å². The van der Waals surface area contributed by atoms with Gasteiger partial charge in [0.25, 0.3) is 0 Å². The fraction of sp³-hybridized carbons (Fsp3) is 0. The lowest BCUT2D eigenvalue weighted by Crippen LogP contribution is -2.07. The number of aromatic nitrogens is 2. The van der Waals surface area contributed by atoms with Crippen LogP contribution in [0.1, 0.15) is 16.1 Å². The molecule has 4 aromatic rings. The van der Waals surface area contributed by atoms with Crippen molar-refractivity contribution < 1.29 is 4.79 Å². The maximum atomic E-state index is 12.8. The highest BCUT2D eigenvalue weighted by molar-refractivity contribution is 6.11. The average molecular weight is 272 g/mol. The van der Waals surface area contributed by atoms with E-state index in [-0.39, 0.29) is 5.78 Å². The second kappa shape index (κ2) is 4.56. The zero-order valence-corrected chi connectivity index (χ0v) is 11.2. The lowest BCUT2D eigenvalue weighted by molar-refractivity contribution is 0.103. The minimum absolute atomic E-state index is 0.00403.